The molecule has 0 unspecified atom stereocenters. The predicted molar refractivity (Wildman–Crippen MR) is 98.5 cm³/mol. The number of rotatable bonds is 8. The molecule has 2 rings (SSSR count). The SMILES string of the molecule is Cc1ccc(CNC(=O)CCCN(C)S(=O)(=O)c2ccc(F)cc2)cc1. The minimum atomic E-state index is -3.68. The quantitative estimate of drug-likeness (QED) is 0.768. The summed E-state index contributed by atoms with van der Waals surface area (Å²) in [5.41, 5.74) is 2.17. The second kappa shape index (κ2) is 8.91. The van der Waals surface area contributed by atoms with Gasteiger partial charge in [-0.1, -0.05) is 29.8 Å². The summed E-state index contributed by atoms with van der Waals surface area (Å²) in [5, 5.41) is 2.82. The highest BCUT2D eigenvalue weighted by Gasteiger charge is 2.20. The van der Waals surface area contributed by atoms with E-state index < -0.39 is 15.8 Å². The van der Waals surface area contributed by atoms with Crippen molar-refractivity contribution in [3.63, 3.8) is 0 Å². The molecule has 0 aliphatic heterocycles. The van der Waals surface area contributed by atoms with Crippen LogP contribution in [-0.2, 0) is 21.4 Å². The van der Waals surface area contributed by atoms with Crippen molar-refractivity contribution in [1.29, 1.82) is 0 Å². The molecule has 0 bridgehead atoms. The van der Waals surface area contributed by atoms with Crippen LogP contribution in [-0.4, -0.2) is 32.2 Å². The zero-order valence-electron chi connectivity index (χ0n) is 14.9. The van der Waals surface area contributed by atoms with Gasteiger partial charge in [-0.15, -0.1) is 0 Å². The molecule has 140 valence electrons. The van der Waals surface area contributed by atoms with E-state index in [9.17, 15) is 17.6 Å². The number of halogens is 1. The van der Waals surface area contributed by atoms with Gasteiger partial charge in [-0.3, -0.25) is 4.79 Å². The van der Waals surface area contributed by atoms with Gasteiger partial charge >= 0.3 is 0 Å². The summed E-state index contributed by atoms with van der Waals surface area (Å²) in [6.07, 6.45) is 0.631. The van der Waals surface area contributed by atoms with E-state index in [1.54, 1.807) is 0 Å². The minimum absolute atomic E-state index is 0.0326. The van der Waals surface area contributed by atoms with E-state index in [0.717, 1.165) is 23.3 Å². The third kappa shape index (κ3) is 5.64. The van der Waals surface area contributed by atoms with Crippen LogP contribution in [0.5, 0.6) is 0 Å². The Bertz CT molecular complexity index is 834. The van der Waals surface area contributed by atoms with E-state index in [1.165, 1.54) is 23.5 Å². The van der Waals surface area contributed by atoms with Crippen LogP contribution in [0.2, 0.25) is 0 Å². The summed E-state index contributed by atoms with van der Waals surface area (Å²) in [6, 6.07) is 12.6. The third-order valence-electron chi connectivity index (χ3n) is 4.01. The fraction of sp³-hybridized carbons (Fsp3) is 0.316. The monoisotopic (exact) mass is 378 g/mol. The molecule has 0 radical (unpaired) electrons. The van der Waals surface area contributed by atoms with Crippen LogP contribution in [0.25, 0.3) is 0 Å². The van der Waals surface area contributed by atoms with Crippen molar-refractivity contribution in [3.8, 4) is 0 Å². The normalized spacial score (nSPS) is 11.5. The Balaban J connectivity index is 1.78. The third-order valence-corrected chi connectivity index (χ3v) is 5.88. The number of nitrogens with zero attached hydrogens (tertiary/aromatic N) is 1. The molecule has 2 aromatic carbocycles. The molecule has 0 fully saturated rings. The highest BCUT2D eigenvalue weighted by atomic mass is 32.2. The molecule has 0 saturated carbocycles. The first-order valence-electron chi connectivity index (χ1n) is 8.33. The maximum Gasteiger partial charge on any atom is 0.242 e. The molecule has 0 aromatic heterocycles. The minimum Gasteiger partial charge on any atom is -0.352 e. The van der Waals surface area contributed by atoms with Crippen LogP contribution in [0.4, 0.5) is 4.39 Å². The second-order valence-corrected chi connectivity index (χ2v) is 8.19. The first-order chi connectivity index (χ1) is 12.3. The standard InChI is InChI=1S/C19H23FN2O3S/c1-15-5-7-16(8-6-15)14-21-19(23)4-3-13-22(2)26(24,25)18-11-9-17(20)10-12-18/h5-12H,3-4,13-14H2,1-2H3,(H,21,23). The van der Waals surface area contributed by atoms with Crippen molar-refractivity contribution in [2.24, 2.45) is 0 Å². The lowest BCUT2D eigenvalue weighted by atomic mass is 10.1. The summed E-state index contributed by atoms with van der Waals surface area (Å²) in [4.78, 5) is 11.9. The fourth-order valence-electron chi connectivity index (χ4n) is 2.36. The first-order valence-corrected chi connectivity index (χ1v) is 9.77. The number of hydrogen-bond donors (Lipinski definition) is 1. The van der Waals surface area contributed by atoms with Gasteiger partial charge in [0, 0.05) is 26.6 Å². The predicted octanol–water partition coefficient (Wildman–Crippen LogP) is 2.85. The Hall–Kier alpha value is -2.25. The summed E-state index contributed by atoms with van der Waals surface area (Å²) in [5.74, 6) is -0.616. The summed E-state index contributed by atoms with van der Waals surface area (Å²) in [7, 11) is -2.23. The average molecular weight is 378 g/mol. The average Bonchev–Trinajstić information content (AvgIpc) is 2.61. The van der Waals surface area contributed by atoms with Gasteiger partial charge < -0.3 is 5.32 Å². The Morgan fingerprint density at radius 1 is 1.08 bits per heavy atom. The number of amides is 1. The van der Waals surface area contributed by atoms with Crippen LogP contribution in [0, 0.1) is 12.7 Å². The number of aryl methyl sites for hydroxylation is 1. The van der Waals surface area contributed by atoms with E-state index in [0.29, 0.717) is 13.0 Å². The van der Waals surface area contributed by atoms with Crippen LogP contribution in [0.15, 0.2) is 53.4 Å². The topological polar surface area (TPSA) is 66.5 Å². The molecule has 0 heterocycles. The van der Waals surface area contributed by atoms with Gasteiger partial charge in [0.2, 0.25) is 15.9 Å². The second-order valence-electron chi connectivity index (χ2n) is 6.15. The molecule has 0 atom stereocenters. The van der Waals surface area contributed by atoms with Gasteiger partial charge in [-0.2, -0.15) is 0 Å². The maximum absolute atomic E-state index is 12.9. The van der Waals surface area contributed by atoms with Gasteiger partial charge in [0.05, 0.1) is 4.90 Å². The molecule has 0 aliphatic carbocycles. The summed E-state index contributed by atoms with van der Waals surface area (Å²) in [6.45, 7) is 2.65. The van der Waals surface area contributed by atoms with Gasteiger partial charge in [0.25, 0.3) is 0 Å². The van der Waals surface area contributed by atoms with E-state index >= 15 is 0 Å². The first kappa shape index (κ1) is 20.1. The summed E-state index contributed by atoms with van der Waals surface area (Å²) >= 11 is 0. The molecule has 0 spiro atoms. The highest BCUT2D eigenvalue weighted by Crippen LogP contribution is 2.15. The Labute approximate surface area is 153 Å². The molecule has 5 nitrogen and oxygen atoms in total. The fourth-order valence-corrected chi connectivity index (χ4v) is 3.57. The van der Waals surface area contributed by atoms with E-state index in [4.69, 9.17) is 0 Å². The highest BCUT2D eigenvalue weighted by molar-refractivity contribution is 7.89. The van der Waals surface area contributed by atoms with Crippen molar-refractivity contribution in [2.45, 2.75) is 31.2 Å². The van der Waals surface area contributed by atoms with E-state index in [-0.39, 0.29) is 23.8 Å². The van der Waals surface area contributed by atoms with Crippen LogP contribution in [0.1, 0.15) is 24.0 Å². The number of carbonyl (C=O) groups excluding carboxylic acids is 1. The molecule has 7 heteroatoms. The van der Waals surface area contributed by atoms with Gasteiger partial charge in [-0.25, -0.2) is 17.1 Å². The van der Waals surface area contributed by atoms with Gasteiger partial charge in [0.15, 0.2) is 0 Å². The smallest absolute Gasteiger partial charge is 0.242 e. The van der Waals surface area contributed by atoms with Gasteiger partial charge in [-0.05, 0) is 43.2 Å². The number of carbonyl (C=O) groups is 1. The lowest BCUT2D eigenvalue weighted by Crippen LogP contribution is -2.29. The Morgan fingerprint density at radius 2 is 1.69 bits per heavy atom. The Kier molecular flexibility index (Phi) is 6.88. The molecule has 0 saturated heterocycles. The van der Waals surface area contributed by atoms with Crippen LogP contribution < -0.4 is 5.32 Å². The van der Waals surface area contributed by atoms with Crippen molar-refractivity contribution in [2.75, 3.05) is 13.6 Å². The molecular formula is C19H23FN2O3S. The van der Waals surface area contributed by atoms with Crippen LogP contribution >= 0.6 is 0 Å². The number of hydrogen-bond acceptors (Lipinski definition) is 3. The summed E-state index contributed by atoms with van der Waals surface area (Å²) < 4.78 is 38.8. The molecule has 0 aliphatic rings. The van der Waals surface area contributed by atoms with Crippen molar-refractivity contribution >= 4 is 15.9 Å². The lowest BCUT2D eigenvalue weighted by Gasteiger charge is -2.17. The van der Waals surface area contributed by atoms with Crippen molar-refractivity contribution in [1.82, 2.24) is 9.62 Å². The lowest BCUT2D eigenvalue weighted by molar-refractivity contribution is -0.121. The zero-order valence-corrected chi connectivity index (χ0v) is 15.7. The molecule has 1 N–H and O–H groups in total. The number of benzene rings is 2. The maximum atomic E-state index is 12.9. The molecule has 1 amide bonds. The molecule has 2 aromatic rings. The zero-order chi connectivity index (χ0) is 19.2. The van der Waals surface area contributed by atoms with Crippen molar-refractivity contribution in [3.05, 3.63) is 65.5 Å². The molecular weight excluding hydrogens is 355 g/mol. The molecule has 26 heavy (non-hydrogen) atoms. The van der Waals surface area contributed by atoms with Gasteiger partial charge in [0.1, 0.15) is 5.82 Å². The van der Waals surface area contributed by atoms with Crippen molar-refractivity contribution < 1.29 is 17.6 Å². The van der Waals surface area contributed by atoms with Crippen LogP contribution in [0.3, 0.4) is 0 Å². The largest absolute Gasteiger partial charge is 0.352 e. The number of sulfonamides is 1. The Morgan fingerprint density at radius 3 is 2.31 bits per heavy atom. The van der Waals surface area contributed by atoms with E-state index in [2.05, 4.69) is 5.32 Å². The number of nitrogens with one attached hydrogen (secondary N) is 1. The van der Waals surface area contributed by atoms with E-state index in [1.807, 2.05) is 31.2 Å².